The highest BCUT2D eigenvalue weighted by molar-refractivity contribution is 5.73. The Morgan fingerprint density at radius 2 is 2.13 bits per heavy atom. The first-order valence-electron chi connectivity index (χ1n) is 7.49. The smallest absolute Gasteiger partial charge is 0.481 e. The SMILES string of the molecule is C/C=C\C(=C/C)c1oc(=O)oc1CN(C)C1C(N)CC1C(=O)O. The van der Waals surface area contributed by atoms with Gasteiger partial charge in [0.2, 0.25) is 0 Å². The molecule has 0 aromatic carbocycles. The molecule has 0 radical (unpaired) electrons. The molecule has 0 amide bonds. The Morgan fingerprint density at radius 1 is 1.43 bits per heavy atom. The van der Waals surface area contributed by atoms with Crippen molar-refractivity contribution < 1.29 is 18.7 Å². The fraction of sp³-hybridized carbons (Fsp3) is 0.500. The maximum Gasteiger partial charge on any atom is 0.519 e. The summed E-state index contributed by atoms with van der Waals surface area (Å²) in [4.78, 5) is 24.5. The van der Waals surface area contributed by atoms with Crippen LogP contribution in [-0.2, 0) is 11.3 Å². The van der Waals surface area contributed by atoms with Gasteiger partial charge in [-0.05, 0) is 27.3 Å². The molecule has 7 heteroatoms. The van der Waals surface area contributed by atoms with Crippen molar-refractivity contribution in [3.05, 3.63) is 40.4 Å². The first-order valence-corrected chi connectivity index (χ1v) is 7.49. The predicted molar refractivity (Wildman–Crippen MR) is 84.7 cm³/mol. The fourth-order valence-corrected chi connectivity index (χ4v) is 3.00. The molecule has 1 aromatic rings. The maximum atomic E-state index is 11.5. The van der Waals surface area contributed by atoms with Crippen molar-refractivity contribution in [2.24, 2.45) is 11.7 Å². The van der Waals surface area contributed by atoms with Gasteiger partial charge in [-0.1, -0.05) is 18.2 Å². The van der Waals surface area contributed by atoms with Crippen LogP contribution in [0, 0.1) is 5.92 Å². The average Bonchev–Trinajstić information content (AvgIpc) is 2.81. The van der Waals surface area contributed by atoms with Crippen molar-refractivity contribution in [3.8, 4) is 0 Å². The van der Waals surface area contributed by atoms with Gasteiger partial charge in [-0.3, -0.25) is 9.69 Å². The molecule has 2 rings (SSSR count). The molecule has 3 atom stereocenters. The first-order chi connectivity index (χ1) is 10.9. The molecule has 0 aliphatic heterocycles. The number of allylic oxidation sites excluding steroid dienone is 4. The van der Waals surface area contributed by atoms with Crippen molar-refractivity contribution >= 4 is 11.5 Å². The van der Waals surface area contributed by atoms with Crippen molar-refractivity contribution in [1.29, 1.82) is 0 Å². The van der Waals surface area contributed by atoms with Crippen LogP contribution in [0.3, 0.4) is 0 Å². The van der Waals surface area contributed by atoms with Gasteiger partial charge in [0.15, 0.2) is 11.5 Å². The molecular weight excluding hydrogens is 300 g/mol. The normalized spacial score (nSPS) is 25.1. The van der Waals surface area contributed by atoms with E-state index in [2.05, 4.69) is 0 Å². The highest BCUT2D eigenvalue weighted by Crippen LogP contribution is 2.32. The van der Waals surface area contributed by atoms with Crippen molar-refractivity contribution in [2.45, 2.75) is 38.9 Å². The van der Waals surface area contributed by atoms with E-state index in [1.807, 2.05) is 32.1 Å². The van der Waals surface area contributed by atoms with E-state index in [1.165, 1.54) is 0 Å². The van der Waals surface area contributed by atoms with E-state index in [4.69, 9.17) is 14.6 Å². The lowest BCUT2D eigenvalue weighted by atomic mass is 9.74. The molecule has 1 saturated carbocycles. The number of hydrogen-bond acceptors (Lipinski definition) is 6. The van der Waals surface area contributed by atoms with Crippen molar-refractivity contribution in [3.63, 3.8) is 0 Å². The number of rotatable bonds is 6. The lowest BCUT2D eigenvalue weighted by Crippen LogP contribution is -2.62. The summed E-state index contributed by atoms with van der Waals surface area (Å²) in [5.74, 6) is -1.41. The molecule has 1 aliphatic rings. The molecule has 3 N–H and O–H groups in total. The summed E-state index contributed by atoms with van der Waals surface area (Å²) in [6.07, 6.45) is 5.90. The van der Waals surface area contributed by atoms with E-state index in [1.54, 1.807) is 11.9 Å². The molecule has 1 heterocycles. The van der Waals surface area contributed by atoms with E-state index < -0.39 is 17.7 Å². The van der Waals surface area contributed by atoms with Crippen LogP contribution in [-0.4, -0.2) is 35.1 Å². The quantitative estimate of drug-likeness (QED) is 0.763. The van der Waals surface area contributed by atoms with Crippen LogP contribution in [0.1, 0.15) is 31.8 Å². The third kappa shape index (κ3) is 3.46. The number of nitrogens with zero attached hydrogens (tertiary/aromatic N) is 1. The molecule has 0 saturated heterocycles. The van der Waals surface area contributed by atoms with Gasteiger partial charge in [-0.25, -0.2) is 4.79 Å². The lowest BCUT2D eigenvalue weighted by Gasteiger charge is -2.45. The van der Waals surface area contributed by atoms with E-state index in [0.717, 1.165) is 5.57 Å². The standard InChI is InChI=1S/C16H22N2O5/c1-4-6-9(5-2)14-12(22-16(21)23-14)8-18(3)13-10(15(19)20)7-11(13)17/h4-6,10-11,13H,7-8,17H2,1-3H3,(H,19,20)/b6-4-,9-5+. The molecular formula is C16H22N2O5. The first kappa shape index (κ1) is 17.2. The zero-order valence-electron chi connectivity index (χ0n) is 13.5. The number of carbonyl (C=O) groups is 1. The van der Waals surface area contributed by atoms with Gasteiger partial charge < -0.3 is 19.7 Å². The van der Waals surface area contributed by atoms with Crippen LogP contribution < -0.4 is 11.6 Å². The summed E-state index contributed by atoms with van der Waals surface area (Å²) in [5, 5.41) is 9.20. The van der Waals surface area contributed by atoms with Gasteiger partial charge in [-0.2, -0.15) is 0 Å². The van der Waals surface area contributed by atoms with E-state index in [0.29, 0.717) is 17.9 Å². The Balaban J connectivity index is 2.23. The van der Waals surface area contributed by atoms with Gasteiger partial charge in [0.05, 0.1) is 12.5 Å². The van der Waals surface area contributed by atoms with Crippen LogP contribution in [0.4, 0.5) is 0 Å². The Morgan fingerprint density at radius 3 is 2.65 bits per heavy atom. The second-order valence-corrected chi connectivity index (χ2v) is 5.70. The molecule has 1 aliphatic carbocycles. The van der Waals surface area contributed by atoms with Crippen molar-refractivity contribution in [2.75, 3.05) is 7.05 Å². The second kappa shape index (κ2) is 6.97. The van der Waals surface area contributed by atoms with Crippen LogP contribution in [0.15, 0.2) is 31.9 Å². The monoisotopic (exact) mass is 322 g/mol. The zero-order chi connectivity index (χ0) is 17.1. The second-order valence-electron chi connectivity index (χ2n) is 5.70. The van der Waals surface area contributed by atoms with Gasteiger partial charge in [0, 0.05) is 17.7 Å². The summed E-state index contributed by atoms with van der Waals surface area (Å²) in [5.41, 5.74) is 6.67. The Labute approximate surface area is 134 Å². The largest absolute Gasteiger partial charge is 0.519 e. The molecule has 7 nitrogen and oxygen atoms in total. The number of carboxylic acid groups (broad SMARTS) is 1. The van der Waals surface area contributed by atoms with Crippen LogP contribution >= 0.6 is 0 Å². The summed E-state index contributed by atoms with van der Waals surface area (Å²) in [6.45, 7) is 3.94. The molecule has 0 spiro atoms. The number of aliphatic carboxylic acids is 1. The predicted octanol–water partition coefficient (Wildman–Crippen LogP) is 1.44. The summed E-state index contributed by atoms with van der Waals surface area (Å²) >= 11 is 0. The number of carboxylic acids is 1. The van der Waals surface area contributed by atoms with Crippen molar-refractivity contribution in [1.82, 2.24) is 4.90 Å². The topological polar surface area (TPSA) is 110 Å². The summed E-state index contributed by atoms with van der Waals surface area (Å²) in [6, 6.07) is -0.503. The third-order valence-electron chi connectivity index (χ3n) is 4.16. The van der Waals surface area contributed by atoms with E-state index in [9.17, 15) is 14.7 Å². The lowest BCUT2D eigenvalue weighted by molar-refractivity contribution is -0.150. The molecule has 0 bridgehead atoms. The number of hydrogen-bond donors (Lipinski definition) is 2. The number of likely N-dealkylation sites (N-methyl/N-ethyl adjacent to an activating group) is 1. The van der Waals surface area contributed by atoms with Crippen LogP contribution in [0.25, 0.3) is 5.57 Å². The fourth-order valence-electron chi connectivity index (χ4n) is 3.00. The number of nitrogens with two attached hydrogens (primary N) is 1. The molecule has 23 heavy (non-hydrogen) atoms. The Kier molecular flexibility index (Phi) is 5.23. The minimum Gasteiger partial charge on any atom is -0.481 e. The third-order valence-corrected chi connectivity index (χ3v) is 4.16. The minimum absolute atomic E-state index is 0.208. The van der Waals surface area contributed by atoms with Gasteiger partial charge in [-0.15, -0.1) is 0 Å². The molecule has 3 unspecified atom stereocenters. The van der Waals surface area contributed by atoms with Gasteiger partial charge in [0.25, 0.3) is 0 Å². The van der Waals surface area contributed by atoms with E-state index >= 15 is 0 Å². The molecule has 1 aromatic heterocycles. The highest BCUT2D eigenvalue weighted by atomic mass is 16.6. The van der Waals surface area contributed by atoms with Gasteiger partial charge in [0.1, 0.15) is 0 Å². The zero-order valence-corrected chi connectivity index (χ0v) is 13.5. The molecule has 1 fully saturated rings. The highest BCUT2D eigenvalue weighted by Gasteiger charge is 2.46. The molecule has 126 valence electrons. The maximum absolute atomic E-state index is 11.5. The Hall–Kier alpha value is -2.12. The average molecular weight is 322 g/mol. The Bertz CT molecular complexity index is 685. The van der Waals surface area contributed by atoms with E-state index in [-0.39, 0.29) is 18.6 Å². The van der Waals surface area contributed by atoms with Gasteiger partial charge >= 0.3 is 11.8 Å². The van der Waals surface area contributed by atoms with Crippen LogP contribution in [0.2, 0.25) is 0 Å². The summed E-state index contributed by atoms with van der Waals surface area (Å²) in [7, 11) is 1.77. The van der Waals surface area contributed by atoms with Crippen LogP contribution in [0.5, 0.6) is 0 Å². The summed E-state index contributed by atoms with van der Waals surface area (Å²) < 4.78 is 10.3. The minimum atomic E-state index is -0.861.